The predicted octanol–water partition coefficient (Wildman–Crippen LogP) is 2.86. The van der Waals surface area contributed by atoms with E-state index in [9.17, 15) is 14.7 Å². The molecule has 1 fully saturated rings. The molecule has 0 aromatic heterocycles. The van der Waals surface area contributed by atoms with Crippen LogP contribution in [0, 0.1) is 17.8 Å². The minimum atomic E-state index is -0.652. The highest BCUT2D eigenvalue weighted by Gasteiger charge is 2.28. The number of ketones is 1. The van der Waals surface area contributed by atoms with Crippen LogP contribution in [0.15, 0.2) is 0 Å². The number of nitrogens with one attached hydrogen (secondary N) is 1. The van der Waals surface area contributed by atoms with Gasteiger partial charge in [0.15, 0.2) is 0 Å². The zero-order chi connectivity index (χ0) is 18.1. The normalized spacial score (nSPS) is 19.9. The highest BCUT2D eigenvalue weighted by atomic mass is 16.3. The Balaban J connectivity index is 2.46. The summed E-state index contributed by atoms with van der Waals surface area (Å²) in [5, 5.41) is 10.5. The molecule has 0 unspecified atom stereocenters. The van der Waals surface area contributed by atoms with Crippen LogP contribution in [0.4, 0.5) is 0 Å². The van der Waals surface area contributed by atoms with Crippen molar-refractivity contribution in [1.29, 1.82) is 0 Å². The largest absolute Gasteiger partial charge is 0.391 e. The van der Waals surface area contributed by atoms with Gasteiger partial charge in [-0.25, -0.2) is 0 Å². The van der Waals surface area contributed by atoms with Crippen LogP contribution < -0.4 is 11.5 Å². The SMILES string of the molecule is CC(C)[C@@H](C[C@H](O)[C@@H](N)CC1CCCCC1)C(=O)CCCC([NH])=O. The van der Waals surface area contributed by atoms with Crippen molar-refractivity contribution in [2.75, 3.05) is 0 Å². The highest BCUT2D eigenvalue weighted by molar-refractivity contribution is 5.82. The standard InChI is InChI=1S/C19H35N2O3/c1-13(2)15(17(22)9-6-10-19(21)24)12-18(23)16(20)11-14-7-4-3-5-8-14/h13-16,18,21,23H,3-12,20H2,1-2H3/t15-,16+,18+/m1/s1. The second-order valence-corrected chi connectivity index (χ2v) is 7.80. The molecule has 1 amide bonds. The van der Waals surface area contributed by atoms with Gasteiger partial charge in [0.05, 0.1) is 6.10 Å². The lowest BCUT2D eigenvalue weighted by Gasteiger charge is -2.29. The van der Waals surface area contributed by atoms with Crippen LogP contribution in [0.1, 0.15) is 78.1 Å². The van der Waals surface area contributed by atoms with Gasteiger partial charge < -0.3 is 10.8 Å². The third kappa shape index (κ3) is 7.75. The van der Waals surface area contributed by atoms with E-state index in [-0.39, 0.29) is 30.1 Å². The van der Waals surface area contributed by atoms with Crippen LogP contribution in [0.2, 0.25) is 0 Å². The number of aliphatic hydroxyl groups is 1. The summed E-state index contributed by atoms with van der Waals surface area (Å²) in [6, 6.07) is -0.267. The van der Waals surface area contributed by atoms with Crippen molar-refractivity contribution in [2.45, 2.75) is 90.2 Å². The summed E-state index contributed by atoms with van der Waals surface area (Å²) in [4.78, 5) is 23.1. The maximum atomic E-state index is 12.4. The lowest BCUT2D eigenvalue weighted by molar-refractivity contribution is -0.125. The van der Waals surface area contributed by atoms with Crippen LogP contribution in [0.25, 0.3) is 0 Å². The Morgan fingerprint density at radius 3 is 2.33 bits per heavy atom. The Kier molecular flexibility index (Phi) is 9.52. The first-order chi connectivity index (χ1) is 11.3. The van der Waals surface area contributed by atoms with E-state index in [1.165, 1.54) is 32.1 Å². The lowest BCUT2D eigenvalue weighted by atomic mass is 9.80. The van der Waals surface area contributed by atoms with E-state index < -0.39 is 12.0 Å². The second-order valence-electron chi connectivity index (χ2n) is 7.80. The van der Waals surface area contributed by atoms with Gasteiger partial charge in [0, 0.05) is 24.8 Å². The van der Waals surface area contributed by atoms with Crippen molar-refractivity contribution in [3.8, 4) is 0 Å². The van der Waals surface area contributed by atoms with Gasteiger partial charge in [-0.1, -0.05) is 46.0 Å². The minimum absolute atomic E-state index is 0.0789. The summed E-state index contributed by atoms with van der Waals surface area (Å²) in [6.07, 6.45) is 7.67. The number of nitrogens with two attached hydrogens (primary N) is 1. The first-order valence-corrected chi connectivity index (χ1v) is 9.52. The average Bonchev–Trinajstić information content (AvgIpc) is 2.52. The van der Waals surface area contributed by atoms with Crippen LogP contribution in [-0.4, -0.2) is 28.9 Å². The maximum Gasteiger partial charge on any atom is 0.238 e. The molecule has 5 nitrogen and oxygen atoms in total. The number of carbonyl (C=O) groups is 2. The van der Waals surface area contributed by atoms with E-state index >= 15 is 0 Å². The zero-order valence-electron chi connectivity index (χ0n) is 15.3. The van der Waals surface area contributed by atoms with Crippen LogP contribution in [-0.2, 0) is 9.59 Å². The molecule has 4 N–H and O–H groups in total. The fourth-order valence-electron chi connectivity index (χ4n) is 3.78. The molecule has 0 heterocycles. The highest BCUT2D eigenvalue weighted by Crippen LogP contribution is 2.29. The fourth-order valence-corrected chi connectivity index (χ4v) is 3.78. The summed E-state index contributed by atoms with van der Waals surface area (Å²) >= 11 is 0. The second kappa shape index (κ2) is 10.8. The summed E-state index contributed by atoms with van der Waals surface area (Å²) < 4.78 is 0. The molecule has 1 saturated carbocycles. The molecule has 0 bridgehead atoms. The molecule has 0 spiro atoms. The first kappa shape index (κ1) is 21.1. The van der Waals surface area contributed by atoms with Crippen molar-refractivity contribution in [1.82, 2.24) is 5.73 Å². The number of Topliss-reactive ketones (excluding diaryl/α,β-unsaturated/α-hetero) is 1. The van der Waals surface area contributed by atoms with Gasteiger partial charge in [0.2, 0.25) is 5.91 Å². The number of hydrogen-bond acceptors (Lipinski definition) is 4. The van der Waals surface area contributed by atoms with E-state index in [1.807, 2.05) is 13.8 Å². The Morgan fingerprint density at radius 2 is 1.79 bits per heavy atom. The number of aliphatic hydroxyl groups excluding tert-OH is 1. The molecule has 139 valence electrons. The van der Waals surface area contributed by atoms with Crippen molar-refractivity contribution in [3.63, 3.8) is 0 Å². The number of hydrogen-bond donors (Lipinski definition) is 2. The Labute approximate surface area is 146 Å². The van der Waals surface area contributed by atoms with Gasteiger partial charge in [-0.05, 0) is 31.1 Å². The molecule has 3 atom stereocenters. The summed E-state index contributed by atoms with van der Waals surface area (Å²) in [5.74, 6) is -0.0211. The van der Waals surface area contributed by atoms with E-state index in [2.05, 4.69) is 0 Å². The number of carbonyl (C=O) groups excluding carboxylic acids is 2. The van der Waals surface area contributed by atoms with Gasteiger partial charge in [-0.3, -0.25) is 15.3 Å². The summed E-state index contributed by atoms with van der Waals surface area (Å²) in [5.41, 5.74) is 13.1. The molecule has 1 aliphatic carbocycles. The maximum absolute atomic E-state index is 12.4. The van der Waals surface area contributed by atoms with E-state index in [0.717, 1.165) is 6.42 Å². The van der Waals surface area contributed by atoms with Crippen LogP contribution in [0.3, 0.4) is 0 Å². The molecule has 1 aliphatic rings. The summed E-state index contributed by atoms with van der Waals surface area (Å²) in [6.45, 7) is 3.97. The number of rotatable bonds is 11. The van der Waals surface area contributed by atoms with Crippen LogP contribution in [0.5, 0.6) is 0 Å². The van der Waals surface area contributed by atoms with Gasteiger partial charge in [-0.2, -0.15) is 0 Å². The molecular formula is C19H35N2O3. The smallest absolute Gasteiger partial charge is 0.238 e. The molecule has 1 rings (SSSR count). The molecule has 1 radical (unpaired) electrons. The molecule has 0 aromatic carbocycles. The Bertz CT molecular complexity index is 392. The predicted molar refractivity (Wildman–Crippen MR) is 95.1 cm³/mol. The lowest BCUT2D eigenvalue weighted by Crippen LogP contribution is -2.40. The van der Waals surface area contributed by atoms with Crippen molar-refractivity contribution in [2.24, 2.45) is 23.5 Å². The minimum Gasteiger partial charge on any atom is -0.391 e. The average molecular weight is 340 g/mol. The van der Waals surface area contributed by atoms with Gasteiger partial charge >= 0.3 is 0 Å². The molecule has 0 aromatic rings. The summed E-state index contributed by atoms with van der Waals surface area (Å²) in [7, 11) is 0. The third-order valence-corrected chi connectivity index (χ3v) is 5.37. The van der Waals surface area contributed by atoms with E-state index in [0.29, 0.717) is 25.2 Å². The third-order valence-electron chi connectivity index (χ3n) is 5.37. The molecule has 0 aliphatic heterocycles. The first-order valence-electron chi connectivity index (χ1n) is 9.52. The quantitative estimate of drug-likeness (QED) is 0.604. The van der Waals surface area contributed by atoms with Crippen molar-refractivity contribution >= 4 is 11.7 Å². The van der Waals surface area contributed by atoms with E-state index in [1.54, 1.807) is 0 Å². The zero-order valence-corrected chi connectivity index (χ0v) is 15.3. The van der Waals surface area contributed by atoms with Crippen molar-refractivity contribution < 1.29 is 14.7 Å². The van der Waals surface area contributed by atoms with E-state index in [4.69, 9.17) is 11.5 Å². The van der Waals surface area contributed by atoms with Crippen molar-refractivity contribution in [3.05, 3.63) is 0 Å². The Morgan fingerprint density at radius 1 is 1.17 bits per heavy atom. The molecule has 5 heteroatoms. The topological polar surface area (TPSA) is 104 Å². The van der Waals surface area contributed by atoms with Crippen LogP contribution >= 0.6 is 0 Å². The molecule has 24 heavy (non-hydrogen) atoms. The fraction of sp³-hybridized carbons (Fsp3) is 0.895. The van der Waals surface area contributed by atoms with Gasteiger partial charge in [0.25, 0.3) is 0 Å². The number of amides is 1. The molecular weight excluding hydrogens is 304 g/mol. The molecule has 0 saturated heterocycles. The monoisotopic (exact) mass is 339 g/mol. The Hall–Kier alpha value is -0.940. The van der Waals surface area contributed by atoms with Gasteiger partial charge in [0.1, 0.15) is 5.78 Å². The van der Waals surface area contributed by atoms with Gasteiger partial charge in [-0.15, -0.1) is 0 Å².